The van der Waals surface area contributed by atoms with Crippen LogP contribution in [-0.2, 0) is 22.4 Å². The van der Waals surface area contributed by atoms with E-state index < -0.39 is 5.41 Å². The summed E-state index contributed by atoms with van der Waals surface area (Å²) in [6.45, 7) is 9.98. The van der Waals surface area contributed by atoms with E-state index in [1.807, 2.05) is 55.7 Å². The summed E-state index contributed by atoms with van der Waals surface area (Å²) in [5, 5.41) is 0. The highest BCUT2D eigenvalue weighted by atomic mass is 16.2. The molecule has 2 aromatic rings. The second kappa shape index (κ2) is 9.00. The third-order valence-electron chi connectivity index (χ3n) is 6.50. The zero-order valence-electron chi connectivity index (χ0n) is 19.7. The first-order chi connectivity index (χ1) is 15.2. The molecule has 1 fully saturated rings. The fraction of sp³-hybridized carbons (Fsp3) is 0.538. The molecule has 0 radical (unpaired) electrons. The van der Waals surface area contributed by atoms with Gasteiger partial charge in [0.25, 0.3) is 0 Å². The van der Waals surface area contributed by atoms with Crippen LogP contribution in [0.5, 0.6) is 0 Å². The maximum Gasteiger partial charge on any atom is 0.232 e. The number of carbonyl (C=O) groups is 2. The Bertz CT molecular complexity index is 997. The van der Waals surface area contributed by atoms with Gasteiger partial charge < -0.3 is 4.90 Å². The summed E-state index contributed by atoms with van der Waals surface area (Å²) in [6, 6.07) is 10.4. The van der Waals surface area contributed by atoms with Crippen molar-refractivity contribution >= 4 is 17.6 Å². The predicted octanol–water partition coefficient (Wildman–Crippen LogP) is 4.06. The van der Waals surface area contributed by atoms with E-state index in [1.165, 1.54) is 5.56 Å². The third-order valence-corrected chi connectivity index (χ3v) is 6.50. The van der Waals surface area contributed by atoms with E-state index >= 15 is 0 Å². The van der Waals surface area contributed by atoms with Crippen molar-refractivity contribution in [3.8, 4) is 0 Å². The summed E-state index contributed by atoms with van der Waals surface area (Å²) in [5.74, 6) is 1.95. The maximum atomic E-state index is 12.8. The van der Waals surface area contributed by atoms with Crippen LogP contribution in [0.15, 0.2) is 30.3 Å². The minimum absolute atomic E-state index is 0.107. The first-order valence-corrected chi connectivity index (χ1v) is 11.7. The van der Waals surface area contributed by atoms with Crippen molar-refractivity contribution in [2.75, 3.05) is 24.5 Å². The molecule has 6 nitrogen and oxygen atoms in total. The van der Waals surface area contributed by atoms with Crippen LogP contribution in [-0.4, -0.2) is 46.3 Å². The van der Waals surface area contributed by atoms with Crippen LogP contribution in [0, 0.1) is 12.3 Å². The molecule has 1 atom stereocenters. The van der Waals surface area contributed by atoms with E-state index in [-0.39, 0.29) is 17.7 Å². The quantitative estimate of drug-likeness (QED) is 0.712. The monoisotopic (exact) mass is 434 g/mol. The van der Waals surface area contributed by atoms with Crippen LogP contribution in [0.1, 0.15) is 68.6 Å². The molecule has 1 unspecified atom stereocenters. The van der Waals surface area contributed by atoms with Crippen molar-refractivity contribution in [1.29, 1.82) is 0 Å². The number of likely N-dealkylation sites (tertiary alicyclic amines) is 1. The summed E-state index contributed by atoms with van der Waals surface area (Å²) in [4.78, 5) is 39.1. The highest BCUT2D eigenvalue weighted by Gasteiger charge is 2.35. The Hall–Kier alpha value is -2.76. The van der Waals surface area contributed by atoms with Gasteiger partial charge in [0.05, 0.1) is 6.42 Å². The van der Waals surface area contributed by atoms with Gasteiger partial charge in [-0.1, -0.05) is 51.1 Å². The minimum atomic E-state index is -0.390. The van der Waals surface area contributed by atoms with Crippen molar-refractivity contribution in [3.05, 3.63) is 53.0 Å². The average Bonchev–Trinajstić information content (AvgIpc) is 3.09. The van der Waals surface area contributed by atoms with E-state index in [0.717, 1.165) is 55.1 Å². The number of amides is 2. The van der Waals surface area contributed by atoms with Gasteiger partial charge in [-0.15, -0.1) is 0 Å². The van der Waals surface area contributed by atoms with Gasteiger partial charge in [0.2, 0.25) is 11.8 Å². The van der Waals surface area contributed by atoms with Crippen LogP contribution in [0.3, 0.4) is 0 Å². The Morgan fingerprint density at radius 3 is 2.62 bits per heavy atom. The van der Waals surface area contributed by atoms with Gasteiger partial charge in [-0.3, -0.25) is 14.5 Å². The molecular formula is C26H34N4O2. The van der Waals surface area contributed by atoms with Gasteiger partial charge in [-0.2, -0.15) is 0 Å². The Morgan fingerprint density at radius 1 is 1.16 bits per heavy atom. The summed E-state index contributed by atoms with van der Waals surface area (Å²) in [7, 11) is 0. The van der Waals surface area contributed by atoms with Crippen molar-refractivity contribution in [2.24, 2.45) is 5.41 Å². The van der Waals surface area contributed by atoms with Crippen LogP contribution in [0.25, 0.3) is 0 Å². The highest BCUT2D eigenvalue weighted by Crippen LogP contribution is 2.33. The van der Waals surface area contributed by atoms with Gasteiger partial charge in [0, 0.05) is 42.2 Å². The zero-order valence-corrected chi connectivity index (χ0v) is 19.7. The second-order valence-electron chi connectivity index (χ2n) is 10.1. The molecule has 0 spiro atoms. The molecule has 1 aromatic heterocycles. The molecule has 1 saturated heterocycles. The van der Waals surface area contributed by atoms with Gasteiger partial charge in [-0.05, 0) is 38.2 Å². The SMILES string of the molecule is Cc1nc(C2CCCN(C(=O)C(C)(C)C)C2)nc2c1CC(=O)N2CCCc1ccccc1. The Labute approximate surface area is 191 Å². The van der Waals surface area contributed by atoms with Crippen LogP contribution in [0.4, 0.5) is 5.82 Å². The van der Waals surface area contributed by atoms with E-state index in [1.54, 1.807) is 0 Å². The van der Waals surface area contributed by atoms with Gasteiger partial charge >= 0.3 is 0 Å². The molecule has 1 aromatic carbocycles. The molecule has 0 bridgehead atoms. The van der Waals surface area contributed by atoms with Crippen LogP contribution in [0.2, 0.25) is 0 Å². The lowest BCUT2D eigenvalue weighted by Gasteiger charge is -2.36. The lowest BCUT2D eigenvalue weighted by Crippen LogP contribution is -2.45. The lowest BCUT2D eigenvalue weighted by molar-refractivity contribution is -0.140. The number of carbonyl (C=O) groups excluding carboxylic acids is 2. The zero-order chi connectivity index (χ0) is 22.9. The topological polar surface area (TPSA) is 66.4 Å². The fourth-order valence-electron chi connectivity index (χ4n) is 4.74. The summed E-state index contributed by atoms with van der Waals surface area (Å²) < 4.78 is 0. The number of piperidine rings is 1. The van der Waals surface area contributed by atoms with Gasteiger partial charge in [0.1, 0.15) is 11.6 Å². The van der Waals surface area contributed by atoms with E-state index in [0.29, 0.717) is 19.5 Å². The Morgan fingerprint density at radius 2 is 1.91 bits per heavy atom. The largest absolute Gasteiger partial charge is 0.342 e. The van der Waals surface area contributed by atoms with E-state index in [4.69, 9.17) is 9.97 Å². The molecule has 2 aliphatic rings. The number of fused-ring (bicyclic) bond motifs is 1. The summed E-state index contributed by atoms with van der Waals surface area (Å²) in [6.07, 6.45) is 4.13. The van der Waals surface area contributed by atoms with Crippen LogP contribution < -0.4 is 4.90 Å². The number of benzene rings is 1. The molecule has 3 heterocycles. The van der Waals surface area contributed by atoms with Gasteiger partial charge in [-0.25, -0.2) is 9.97 Å². The first kappa shape index (κ1) is 22.4. The third kappa shape index (κ3) is 4.69. The summed E-state index contributed by atoms with van der Waals surface area (Å²) >= 11 is 0. The lowest BCUT2D eigenvalue weighted by atomic mass is 9.91. The van der Waals surface area contributed by atoms with Crippen molar-refractivity contribution < 1.29 is 9.59 Å². The molecule has 4 rings (SSSR count). The number of nitrogens with zero attached hydrogens (tertiary/aromatic N) is 4. The van der Waals surface area contributed by atoms with Crippen molar-refractivity contribution in [2.45, 2.75) is 65.7 Å². The summed E-state index contributed by atoms with van der Waals surface area (Å²) in [5.41, 5.74) is 2.74. The molecule has 2 amide bonds. The van der Waals surface area contributed by atoms with Crippen molar-refractivity contribution in [3.63, 3.8) is 0 Å². The first-order valence-electron chi connectivity index (χ1n) is 11.7. The number of hydrogen-bond donors (Lipinski definition) is 0. The van der Waals surface area contributed by atoms with Crippen LogP contribution >= 0.6 is 0 Å². The fourth-order valence-corrected chi connectivity index (χ4v) is 4.74. The standard InChI is InChI=1S/C26H34N4O2/c1-18-21-16-22(31)30(15-8-12-19-10-6-5-7-11-19)24(21)28-23(27-18)20-13-9-14-29(17-20)25(32)26(2,3)4/h5-7,10-11,20H,8-9,12-17H2,1-4H3. The molecule has 6 heteroatoms. The molecule has 0 aliphatic carbocycles. The smallest absolute Gasteiger partial charge is 0.232 e. The van der Waals surface area contributed by atoms with E-state index in [9.17, 15) is 9.59 Å². The normalized spacial score (nSPS) is 18.8. The molecular weight excluding hydrogens is 400 g/mol. The Balaban J connectivity index is 1.51. The number of hydrogen-bond acceptors (Lipinski definition) is 4. The molecule has 170 valence electrons. The second-order valence-corrected chi connectivity index (χ2v) is 10.1. The molecule has 0 saturated carbocycles. The molecule has 32 heavy (non-hydrogen) atoms. The Kier molecular flexibility index (Phi) is 6.31. The average molecular weight is 435 g/mol. The minimum Gasteiger partial charge on any atom is -0.342 e. The van der Waals surface area contributed by atoms with E-state index in [2.05, 4.69) is 12.1 Å². The van der Waals surface area contributed by atoms with Gasteiger partial charge in [0.15, 0.2) is 0 Å². The number of anilines is 1. The molecule has 0 N–H and O–H groups in total. The maximum absolute atomic E-state index is 12.8. The molecule has 2 aliphatic heterocycles. The highest BCUT2D eigenvalue weighted by molar-refractivity contribution is 6.00. The number of rotatable bonds is 5. The number of aryl methyl sites for hydroxylation is 2. The van der Waals surface area contributed by atoms with Crippen molar-refractivity contribution in [1.82, 2.24) is 14.9 Å². The number of aromatic nitrogens is 2. The predicted molar refractivity (Wildman–Crippen MR) is 126 cm³/mol.